The Hall–Kier alpha value is -2.68. The first-order chi connectivity index (χ1) is 9.40. The predicted octanol–water partition coefficient (Wildman–Crippen LogP) is 3.06. The molecule has 1 N–H and O–H groups in total. The van der Waals surface area contributed by atoms with Crippen LogP contribution in [0.5, 0.6) is 0 Å². The van der Waals surface area contributed by atoms with Crippen molar-refractivity contribution in [1.29, 1.82) is 0 Å². The third-order valence-corrected chi connectivity index (χ3v) is 3.30. The monoisotopic (exact) mass is 246 g/mol. The quantitative estimate of drug-likeness (QED) is 0.640. The van der Waals surface area contributed by atoms with Gasteiger partial charge in [-0.25, -0.2) is 4.99 Å². The summed E-state index contributed by atoms with van der Waals surface area (Å²) in [5, 5.41) is 1.18. The molecule has 1 aliphatic heterocycles. The van der Waals surface area contributed by atoms with Crippen LogP contribution in [0.1, 0.15) is 5.69 Å². The number of H-pyrrole nitrogens is 1. The van der Waals surface area contributed by atoms with E-state index in [1.165, 1.54) is 5.39 Å². The van der Waals surface area contributed by atoms with Gasteiger partial charge in [0.1, 0.15) is 11.5 Å². The number of nitrogens with zero attached hydrogens (tertiary/aromatic N) is 2. The molecule has 3 heterocycles. The Morgan fingerprint density at radius 1 is 1.00 bits per heavy atom. The molecule has 0 saturated heterocycles. The molecule has 0 unspecified atom stereocenters. The van der Waals surface area contributed by atoms with Gasteiger partial charge in [-0.2, -0.15) is 4.57 Å². The summed E-state index contributed by atoms with van der Waals surface area (Å²) >= 11 is 0. The second-order valence-electron chi connectivity index (χ2n) is 4.55. The lowest BCUT2D eigenvalue weighted by Crippen LogP contribution is -2.28. The Balaban J connectivity index is 1.83. The summed E-state index contributed by atoms with van der Waals surface area (Å²) in [6.45, 7) is 0. The van der Waals surface area contributed by atoms with Gasteiger partial charge in [0.25, 0.3) is 0 Å². The van der Waals surface area contributed by atoms with Crippen LogP contribution in [0.25, 0.3) is 17.1 Å². The molecule has 0 spiro atoms. The summed E-state index contributed by atoms with van der Waals surface area (Å²) in [6.07, 6.45) is 6.08. The summed E-state index contributed by atoms with van der Waals surface area (Å²) in [5.41, 5.74) is 3.21. The van der Waals surface area contributed by atoms with Gasteiger partial charge in [0.05, 0.1) is 0 Å². The summed E-state index contributed by atoms with van der Waals surface area (Å²) in [6, 6.07) is 16.4. The zero-order chi connectivity index (χ0) is 12.7. The van der Waals surface area contributed by atoms with Gasteiger partial charge in [-0.15, -0.1) is 0 Å². The van der Waals surface area contributed by atoms with E-state index in [1.807, 2.05) is 42.7 Å². The van der Waals surface area contributed by atoms with Gasteiger partial charge >= 0.3 is 0 Å². The summed E-state index contributed by atoms with van der Waals surface area (Å²) in [5.74, 6) is 0.887. The molecule has 3 nitrogen and oxygen atoms in total. The number of para-hydroxylation sites is 1. The molecule has 0 bridgehead atoms. The zero-order valence-corrected chi connectivity index (χ0v) is 10.2. The molecule has 90 valence electrons. The van der Waals surface area contributed by atoms with Gasteiger partial charge < -0.3 is 4.98 Å². The van der Waals surface area contributed by atoms with Crippen LogP contribution in [0.15, 0.2) is 65.8 Å². The van der Waals surface area contributed by atoms with E-state index in [9.17, 15) is 0 Å². The Labute approximate surface area is 110 Å². The van der Waals surface area contributed by atoms with E-state index in [-0.39, 0.29) is 0 Å². The summed E-state index contributed by atoms with van der Waals surface area (Å²) in [7, 11) is 0. The predicted molar refractivity (Wildman–Crippen MR) is 76.5 cm³/mol. The molecule has 1 aliphatic rings. The second kappa shape index (κ2) is 3.92. The molecule has 0 fully saturated rings. The molecule has 0 amide bonds. The number of aromatic amines is 1. The minimum absolute atomic E-state index is 0.887. The Morgan fingerprint density at radius 2 is 1.89 bits per heavy atom. The number of hydrogen-bond donors (Lipinski definition) is 1. The minimum Gasteiger partial charge on any atom is -0.340 e. The van der Waals surface area contributed by atoms with E-state index in [0.717, 1.165) is 22.7 Å². The fourth-order valence-corrected chi connectivity index (χ4v) is 2.38. The Bertz CT molecular complexity index is 792. The smallest absolute Gasteiger partial charge is 0.236 e. The number of hydrogen-bond acceptors (Lipinski definition) is 1. The van der Waals surface area contributed by atoms with Crippen molar-refractivity contribution < 1.29 is 4.57 Å². The second-order valence-corrected chi connectivity index (χ2v) is 4.55. The minimum atomic E-state index is 0.887. The van der Waals surface area contributed by atoms with Crippen molar-refractivity contribution in [3.63, 3.8) is 0 Å². The first-order valence-electron chi connectivity index (χ1n) is 6.25. The van der Waals surface area contributed by atoms with Crippen molar-refractivity contribution in [1.82, 2.24) is 4.98 Å². The van der Waals surface area contributed by atoms with E-state index in [2.05, 4.69) is 33.8 Å². The third-order valence-electron chi connectivity index (χ3n) is 3.30. The van der Waals surface area contributed by atoms with Gasteiger partial charge in [0.2, 0.25) is 5.69 Å². The van der Waals surface area contributed by atoms with Crippen LogP contribution in [0.3, 0.4) is 0 Å². The highest BCUT2D eigenvalue weighted by molar-refractivity contribution is 6.10. The highest BCUT2D eigenvalue weighted by Gasteiger charge is 2.19. The lowest BCUT2D eigenvalue weighted by molar-refractivity contribution is -0.566. The normalized spacial score (nSPS) is 15.3. The highest BCUT2D eigenvalue weighted by atomic mass is 15.0. The van der Waals surface area contributed by atoms with E-state index in [1.54, 1.807) is 0 Å². The van der Waals surface area contributed by atoms with Crippen molar-refractivity contribution in [2.45, 2.75) is 0 Å². The number of aliphatic imine (C=N–C) groups is 1. The van der Waals surface area contributed by atoms with Crippen LogP contribution in [0.4, 0.5) is 5.82 Å². The molecule has 3 aromatic rings. The van der Waals surface area contributed by atoms with Gasteiger partial charge in [0, 0.05) is 29.1 Å². The zero-order valence-electron chi connectivity index (χ0n) is 10.2. The Morgan fingerprint density at radius 3 is 2.84 bits per heavy atom. The fraction of sp³-hybridized carbons (Fsp3) is 0. The van der Waals surface area contributed by atoms with Crippen molar-refractivity contribution in [2.24, 2.45) is 4.99 Å². The first kappa shape index (κ1) is 10.3. The molecule has 0 aliphatic carbocycles. The number of fused-ring (bicyclic) bond motifs is 2. The molecular formula is C16H12N3+. The average molecular weight is 246 g/mol. The van der Waals surface area contributed by atoms with E-state index < -0.39 is 0 Å². The topological polar surface area (TPSA) is 32.0 Å². The lowest BCUT2D eigenvalue weighted by Gasteiger charge is -1.92. The van der Waals surface area contributed by atoms with E-state index in [0.29, 0.717) is 0 Å². The van der Waals surface area contributed by atoms with Gasteiger partial charge in [0.15, 0.2) is 12.4 Å². The van der Waals surface area contributed by atoms with Gasteiger partial charge in [-0.3, -0.25) is 0 Å². The number of rotatable bonds is 1. The molecule has 0 atom stereocenters. The SMILES string of the molecule is C1=C[n+]2ccccc2C1=Nc1cc2ccccc2[nH]1. The lowest BCUT2D eigenvalue weighted by atomic mass is 10.2. The summed E-state index contributed by atoms with van der Waals surface area (Å²) in [4.78, 5) is 8.01. The third kappa shape index (κ3) is 1.67. The maximum absolute atomic E-state index is 4.69. The molecule has 3 heteroatoms. The van der Waals surface area contributed by atoms with Crippen molar-refractivity contribution in [2.75, 3.05) is 0 Å². The highest BCUT2D eigenvalue weighted by Crippen LogP contribution is 2.21. The average Bonchev–Trinajstić information content (AvgIpc) is 3.03. The number of allylic oxidation sites excluding steroid dienone is 1. The standard InChI is InChI=1S/C16H11N3/c1-2-6-13-12(5-1)11-16(17-13)18-14-8-10-19-9-4-3-7-15(14)19/h1-11H/p+1. The van der Waals surface area contributed by atoms with Crippen LogP contribution in [0, 0.1) is 0 Å². The maximum Gasteiger partial charge on any atom is 0.236 e. The number of pyridine rings is 1. The number of benzene rings is 1. The first-order valence-corrected chi connectivity index (χ1v) is 6.25. The van der Waals surface area contributed by atoms with Crippen molar-refractivity contribution in [3.05, 3.63) is 66.5 Å². The molecule has 0 saturated carbocycles. The molecule has 0 radical (unpaired) electrons. The van der Waals surface area contributed by atoms with Crippen LogP contribution >= 0.6 is 0 Å². The molecule has 2 aromatic heterocycles. The van der Waals surface area contributed by atoms with Crippen LogP contribution < -0.4 is 4.57 Å². The molecule has 4 rings (SSSR count). The Kier molecular flexibility index (Phi) is 2.12. The fourth-order valence-electron chi connectivity index (χ4n) is 2.38. The number of aromatic nitrogens is 2. The molecular weight excluding hydrogens is 234 g/mol. The summed E-state index contributed by atoms with van der Waals surface area (Å²) < 4.78 is 2.07. The molecule has 1 aromatic carbocycles. The van der Waals surface area contributed by atoms with E-state index >= 15 is 0 Å². The van der Waals surface area contributed by atoms with Gasteiger partial charge in [-0.1, -0.05) is 18.2 Å². The van der Waals surface area contributed by atoms with E-state index in [4.69, 9.17) is 4.99 Å². The van der Waals surface area contributed by atoms with Crippen LogP contribution in [-0.4, -0.2) is 10.7 Å². The maximum atomic E-state index is 4.69. The van der Waals surface area contributed by atoms with Crippen molar-refractivity contribution in [3.8, 4) is 0 Å². The van der Waals surface area contributed by atoms with Crippen molar-refractivity contribution >= 4 is 28.6 Å². The number of nitrogens with one attached hydrogen (secondary N) is 1. The molecule has 19 heavy (non-hydrogen) atoms. The van der Waals surface area contributed by atoms with Crippen LogP contribution in [0.2, 0.25) is 0 Å². The van der Waals surface area contributed by atoms with Gasteiger partial charge in [-0.05, 0) is 18.2 Å². The largest absolute Gasteiger partial charge is 0.340 e. The van der Waals surface area contributed by atoms with Crippen LogP contribution in [-0.2, 0) is 0 Å².